The Morgan fingerprint density at radius 3 is 2.73 bits per heavy atom. The summed E-state index contributed by atoms with van der Waals surface area (Å²) in [6.07, 6.45) is 0. The SMILES string of the molecule is Cc1cccc(NNC(=S)Nc2cc([N+](=O)[O-])ccc2Cl)c1. The van der Waals surface area contributed by atoms with Crippen LogP contribution in [0.5, 0.6) is 0 Å². The van der Waals surface area contributed by atoms with Crippen molar-refractivity contribution in [2.75, 3.05) is 10.7 Å². The van der Waals surface area contributed by atoms with E-state index in [0.717, 1.165) is 11.3 Å². The Morgan fingerprint density at radius 2 is 2.05 bits per heavy atom. The zero-order valence-electron chi connectivity index (χ0n) is 11.6. The van der Waals surface area contributed by atoms with Gasteiger partial charge in [0.05, 0.1) is 21.3 Å². The first kappa shape index (κ1) is 16.0. The smallest absolute Gasteiger partial charge is 0.271 e. The molecule has 2 aromatic carbocycles. The van der Waals surface area contributed by atoms with Crippen molar-refractivity contribution in [1.82, 2.24) is 5.43 Å². The molecule has 0 aliphatic rings. The van der Waals surface area contributed by atoms with E-state index in [1.54, 1.807) is 0 Å². The maximum atomic E-state index is 10.8. The van der Waals surface area contributed by atoms with Gasteiger partial charge in [0.2, 0.25) is 0 Å². The van der Waals surface area contributed by atoms with Crippen LogP contribution in [0.2, 0.25) is 5.02 Å². The number of hydrazine groups is 1. The molecule has 0 aromatic heterocycles. The van der Waals surface area contributed by atoms with Crippen LogP contribution in [-0.4, -0.2) is 10.0 Å². The number of aryl methyl sites for hydroxylation is 1. The van der Waals surface area contributed by atoms with Crippen LogP contribution >= 0.6 is 23.8 Å². The molecule has 0 heterocycles. The molecule has 0 saturated carbocycles. The van der Waals surface area contributed by atoms with E-state index in [2.05, 4.69) is 16.2 Å². The van der Waals surface area contributed by atoms with Crippen molar-refractivity contribution in [3.63, 3.8) is 0 Å². The Labute approximate surface area is 137 Å². The summed E-state index contributed by atoms with van der Waals surface area (Å²) in [5, 5.41) is 14.2. The molecule has 22 heavy (non-hydrogen) atoms. The molecule has 0 aliphatic heterocycles. The van der Waals surface area contributed by atoms with Crippen LogP contribution in [0.15, 0.2) is 42.5 Å². The van der Waals surface area contributed by atoms with Crippen molar-refractivity contribution >= 4 is 46.0 Å². The Hall–Kier alpha value is -2.38. The molecule has 0 bridgehead atoms. The maximum absolute atomic E-state index is 10.8. The number of non-ortho nitro benzene ring substituents is 1. The fourth-order valence-electron chi connectivity index (χ4n) is 1.73. The first-order chi connectivity index (χ1) is 10.5. The lowest BCUT2D eigenvalue weighted by Gasteiger charge is -2.13. The highest BCUT2D eigenvalue weighted by molar-refractivity contribution is 7.80. The minimum absolute atomic E-state index is 0.0682. The maximum Gasteiger partial charge on any atom is 0.271 e. The van der Waals surface area contributed by atoms with Gasteiger partial charge in [0.1, 0.15) is 0 Å². The highest BCUT2D eigenvalue weighted by Crippen LogP contribution is 2.26. The third-order valence-electron chi connectivity index (χ3n) is 2.75. The number of nitro benzene ring substituents is 1. The van der Waals surface area contributed by atoms with Gasteiger partial charge in [0.15, 0.2) is 5.11 Å². The van der Waals surface area contributed by atoms with Crippen LogP contribution in [0.25, 0.3) is 0 Å². The van der Waals surface area contributed by atoms with Crippen LogP contribution in [0, 0.1) is 17.0 Å². The second-order valence-corrected chi connectivity index (χ2v) is 5.31. The molecule has 0 unspecified atom stereocenters. The summed E-state index contributed by atoms with van der Waals surface area (Å²) in [7, 11) is 0. The average Bonchev–Trinajstić information content (AvgIpc) is 2.47. The molecule has 3 N–H and O–H groups in total. The zero-order chi connectivity index (χ0) is 16.1. The summed E-state index contributed by atoms with van der Waals surface area (Å²) in [6.45, 7) is 1.98. The number of nitrogens with zero attached hydrogens (tertiary/aromatic N) is 1. The van der Waals surface area contributed by atoms with Crippen molar-refractivity contribution in [2.24, 2.45) is 0 Å². The lowest BCUT2D eigenvalue weighted by atomic mass is 10.2. The molecule has 8 heteroatoms. The molecular weight excluding hydrogens is 324 g/mol. The highest BCUT2D eigenvalue weighted by Gasteiger charge is 2.10. The van der Waals surface area contributed by atoms with Crippen LogP contribution < -0.4 is 16.2 Å². The minimum Gasteiger partial charge on any atom is -0.330 e. The van der Waals surface area contributed by atoms with E-state index in [1.807, 2.05) is 31.2 Å². The van der Waals surface area contributed by atoms with Gasteiger partial charge in [0.25, 0.3) is 5.69 Å². The fraction of sp³-hybridized carbons (Fsp3) is 0.0714. The van der Waals surface area contributed by atoms with E-state index in [0.29, 0.717) is 10.7 Å². The van der Waals surface area contributed by atoms with Crippen molar-refractivity contribution in [1.29, 1.82) is 0 Å². The van der Waals surface area contributed by atoms with Crippen LogP contribution in [0.3, 0.4) is 0 Å². The Kier molecular flexibility index (Phi) is 5.13. The first-order valence-electron chi connectivity index (χ1n) is 6.29. The van der Waals surface area contributed by atoms with E-state index in [1.165, 1.54) is 18.2 Å². The fourth-order valence-corrected chi connectivity index (χ4v) is 2.05. The second-order valence-electron chi connectivity index (χ2n) is 4.49. The monoisotopic (exact) mass is 336 g/mol. The number of anilines is 2. The number of thiocarbonyl (C=S) groups is 1. The molecule has 0 fully saturated rings. The number of hydrogen-bond donors (Lipinski definition) is 3. The summed E-state index contributed by atoms with van der Waals surface area (Å²) in [5.41, 5.74) is 7.96. The van der Waals surface area contributed by atoms with Gasteiger partial charge in [-0.05, 0) is 42.9 Å². The van der Waals surface area contributed by atoms with E-state index < -0.39 is 4.92 Å². The van der Waals surface area contributed by atoms with Gasteiger partial charge < -0.3 is 5.32 Å². The number of rotatable bonds is 4. The Morgan fingerprint density at radius 1 is 1.27 bits per heavy atom. The quantitative estimate of drug-likeness (QED) is 0.447. The van der Waals surface area contributed by atoms with Gasteiger partial charge in [-0.25, -0.2) is 0 Å². The van der Waals surface area contributed by atoms with E-state index in [-0.39, 0.29) is 10.8 Å². The summed E-state index contributed by atoms with van der Waals surface area (Å²) in [4.78, 5) is 10.3. The summed E-state index contributed by atoms with van der Waals surface area (Å²) < 4.78 is 0. The third-order valence-corrected chi connectivity index (χ3v) is 3.28. The molecular formula is C14H13ClN4O2S. The summed E-state index contributed by atoms with van der Waals surface area (Å²) in [6, 6.07) is 11.8. The number of hydrogen-bond acceptors (Lipinski definition) is 4. The normalized spacial score (nSPS) is 9.91. The number of benzene rings is 2. The zero-order valence-corrected chi connectivity index (χ0v) is 13.2. The van der Waals surface area contributed by atoms with Gasteiger partial charge >= 0.3 is 0 Å². The van der Waals surface area contributed by atoms with Crippen molar-refractivity contribution in [3.05, 3.63) is 63.2 Å². The molecule has 2 aromatic rings. The number of nitrogens with one attached hydrogen (secondary N) is 3. The lowest BCUT2D eigenvalue weighted by molar-refractivity contribution is -0.384. The highest BCUT2D eigenvalue weighted by atomic mass is 35.5. The standard InChI is InChI=1S/C14H13ClN4O2S/c1-9-3-2-4-10(7-9)17-18-14(22)16-13-8-11(19(20)21)5-6-12(13)15/h2-8,17H,1H3,(H2,16,18,22). The third kappa shape index (κ3) is 4.31. The van der Waals surface area contributed by atoms with Gasteiger partial charge in [0, 0.05) is 12.1 Å². The molecule has 0 aliphatic carbocycles. The number of nitro groups is 1. The van der Waals surface area contributed by atoms with Crippen LogP contribution in [0.1, 0.15) is 5.56 Å². The molecule has 0 saturated heterocycles. The molecule has 0 radical (unpaired) electrons. The average molecular weight is 337 g/mol. The van der Waals surface area contributed by atoms with Gasteiger partial charge in [-0.2, -0.15) is 0 Å². The molecule has 0 amide bonds. The van der Waals surface area contributed by atoms with E-state index in [4.69, 9.17) is 23.8 Å². The molecule has 0 spiro atoms. The summed E-state index contributed by atoms with van der Waals surface area (Å²) in [5.74, 6) is 0. The second kappa shape index (κ2) is 7.06. The largest absolute Gasteiger partial charge is 0.330 e. The van der Waals surface area contributed by atoms with Crippen molar-refractivity contribution in [3.8, 4) is 0 Å². The predicted molar refractivity (Wildman–Crippen MR) is 92.3 cm³/mol. The van der Waals surface area contributed by atoms with E-state index in [9.17, 15) is 10.1 Å². The lowest BCUT2D eigenvalue weighted by Crippen LogP contribution is -2.33. The summed E-state index contributed by atoms with van der Waals surface area (Å²) >= 11 is 11.1. The molecule has 2 rings (SSSR count). The molecule has 114 valence electrons. The van der Waals surface area contributed by atoms with Gasteiger partial charge in [-0.3, -0.25) is 21.0 Å². The Balaban J connectivity index is 2.00. The topological polar surface area (TPSA) is 79.2 Å². The predicted octanol–water partition coefficient (Wildman–Crippen LogP) is 3.87. The van der Waals surface area contributed by atoms with Crippen LogP contribution in [-0.2, 0) is 0 Å². The van der Waals surface area contributed by atoms with E-state index >= 15 is 0 Å². The molecule has 0 atom stereocenters. The van der Waals surface area contributed by atoms with Gasteiger partial charge in [-0.1, -0.05) is 23.7 Å². The van der Waals surface area contributed by atoms with Crippen LogP contribution in [0.4, 0.5) is 17.1 Å². The first-order valence-corrected chi connectivity index (χ1v) is 7.08. The van der Waals surface area contributed by atoms with Crippen molar-refractivity contribution in [2.45, 2.75) is 6.92 Å². The number of halogens is 1. The minimum atomic E-state index is -0.497. The molecule has 6 nitrogen and oxygen atoms in total. The Bertz CT molecular complexity index is 724. The van der Waals surface area contributed by atoms with Gasteiger partial charge in [-0.15, -0.1) is 0 Å². The van der Waals surface area contributed by atoms with Crippen molar-refractivity contribution < 1.29 is 4.92 Å².